The summed E-state index contributed by atoms with van der Waals surface area (Å²) in [5.41, 5.74) is 6.39. The van der Waals surface area contributed by atoms with E-state index in [9.17, 15) is 9.59 Å². The van der Waals surface area contributed by atoms with Gasteiger partial charge in [-0.05, 0) is 43.5 Å². The Balaban J connectivity index is 1.81. The number of hydrogen-bond donors (Lipinski definition) is 2. The molecule has 0 unspecified atom stereocenters. The number of carbonyl (C=O) groups excluding carboxylic acids is 2. The number of nitrogens with one attached hydrogen (secondary N) is 1. The van der Waals surface area contributed by atoms with E-state index in [1.807, 2.05) is 0 Å². The normalized spacial score (nSPS) is 15.7. The largest absolute Gasteiger partial charge is 0.482 e. The van der Waals surface area contributed by atoms with Gasteiger partial charge in [0.15, 0.2) is 6.61 Å². The van der Waals surface area contributed by atoms with Gasteiger partial charge < -0.3 is 20.5 Å². The Morgan fingerprint density at radius 1 is 1.29 bits per heavy atom. The van der Waals surface area contributed by atoms with Crippen LogP contribution in [0.5, 0.6) is 5.75 Å². The molecule has 2 rings (SSSR count). The monoisotopic (exact) mass is 292 g/mol. The Bertz CT molecular complexity index is 509. The molecule has 21 heavy (non-hydrogen) atoms. The quantitative estimate of drug-likeness (QED) is 0.774. The molecule has 1 fully saturated rings. The van der Waals surface area contributed by atoms with Crippen LogP contribution in [0.15, 0.2) is 24.3 Å². The maximum absolute atomic E-state index is 11.9. The van der Waals surface area contributed by atoms with Gasteiger partial charge in [0.2, 0.25) is 5.91 Å². The molecule has 0 heterocycles. The molecule has 0 spiro atoms. The Morgan fingerprint density at radius 2 is 1.95 bits per heavy atom. The van der Waals surface area contributed by atoms with Gasteiger partial charge in [0.05, 0.1) is 7.11 Å². The van der Waals surface area contributed by atoms with Crippen LogP contribution in [0.1, 0.15) is 25.7 Å². The highest BCUT2D eigenvalue weighted by Crippen LogP contribution is 2.32. The molecule has 1 aromatic rings. The van der Waals surface area contributed by atoms with E-state index in [2.05, 4.69) is 10.1 Å². The van der Waals surface area contributed by atoms with Crippen molar-refractivity contribution in [3.63, 3.8) is 0 Å². The lowest BCUT2D eigenvalue weighted by Gasteiger charge is -2.37. The van der Waals surface area contributed by atoms with Crippen LogP contribution in [0.4, 0.5) is 5.69 Å². The van der Waals surface area contributed by atoms with Crippen LogP contribution in [0.3, 0.4) is 0 Å². The second-order valence-electron chi connectivity index (χ2n) is 5.33. The van der Waals surface area contributed by atoms with Crippen molar-refractivity contribution in [1.82, 2.24) is 0 Å². The molecule has 1 aromatic carbocycles. The zero-order chi connectivity index (χ0) is 15.3. The topological polar surface area (TPSA) is 90.6 Å². The highest BCUT2D eigenvalue weighted by Gasteiger charge is 2.34. The van der Waals surface area contributed by atoms with E-state index in [1.165, 1.54) is 7.11 Å². The van der Waals surface area contributed by atoms with Crippen LogP contribution < -0.4 is 15.8 Å². The number of methoxy groups -OCH3 is 1. The summed E-state index contributed by atoms with van der Waals surface area (Å²) in [6.07, 6.45) is 3.24. The van der Waals surface area contributed by atoms with Crippen molar-refractivity contribution in [3.8, 4) is 5.75 Å². The van der Waals surface area contributed by atoms with Crippen molar-refractivity contribution in [3.05, 3.63) is 24.3 Å². The first-order valence-corrected chi connectivity index (χ1v) is 6.89. The van der Waals surface area contributed by atoms with Crippen LogP contribution in [0.2, 0.25) is 0 Å². The van der Waals surface area contributed by atoms with E-state index < -0.39 is 5.97 Å². The van der Waals surface area contributed by atoms with Crippen molar-refractivity contribution in [2.45, 2.75) is 31.2 Å². The van der Waals surface area contributed by atoms with Gasteiger partial charge in [-0.2, -0.15) is 0 Å². The Labute approximate surface area is 123 Å². The first-order valence-electron chi connectivity index (χ1n) is 6.89. The molecule has 0 atom stereocenters. The van der Waals surface area contributed by atoms with E-state index in [-0.39, 0.29) is 18.1 Å². The molecule has 114 valence electrons. The minimum Gasteiger partial charge on any atom is -0.482 e. The number of benzene rings is 1. The summed E-state index contributed by atoms with van der Waals surface area (Å²) in [7, 11) is 1.30. The SMILES string of the molecule is COC(=O)COc1ccc(NC(=O)CC2(N)CCC2)cc1. The van der Waals surface area contributed by atoms with Gasteiger partial charge in [0, 0.05) is 17.6 Å². The van der Waals surface area contributed by atoms with Crippen molar-refractivity contribution >= 4 is 17.6 Å². The maximum atomic E-state index is 11.9. The van der Waals surface area contributed by atoms with Gasteiger partial charge in [0.25, 0.3) is 0 Å². The average molecular weight is 292 g/mol. The number of nitrogens with two attached hydrogens (primary N) is 1. The molecule has 0 aromatic heterocycles. The van der Waals surface area contributed by atoms with Crippen LogP contribution >= 0.6 is 0 Å². The third-order valence-corrected chi connectivity index (χ3v) is 3.58. The van der Waals surface area contributed by atoms with Crippen molar-refractivity contribution in [2.75, 3.05) is 19.0 Å². The maximum Gasteiger partial charge on any atom is 0.343 e. The standard InChI is InChI=1S/C15H20N2O4/c1-20-14(19)10-21-12-5-3-11(4-6-12)17-13(18)9-15(16)7-2-8-15/h3-6H,2,7-10,16H2,1H3,(H,17,18). The molecule has 0 saturated heterocycles. The number of ether oxygens (including phenoxy) is 2. The smallest absolute Gasteiger partial charge is 0.343 e. The number of amides is 1. The fourth-order valence-electron chi connectivity index (χ4n) is 2.17. The lowest BCUT2D eigenvalue weighted by molar-refractivity contribution is -0.142. The Morgan fingerprint density at radius 3 is 2.48 bits per heavy atom. The molecule has 0 radical (unpaired) electrons. The summed E-state index contributed by atoms with van der Waals surface area (Å²) >= 11 is 0. The average Bonchev–Trinajstić information content (AvgIpc) is 2.44. The van der Waals surface area contributed by atoms with Crippen molar-refractivity contribution in [1.29, 1.82) is 0 Å². The fraction of sp³-hybridized carbons (Fsp3) is 0.467. The van der Waals surface area contributed by atoms with Gasteiger partial charge in [-0.25, -0.2) is 4.79 Å². The van der Waals surface area contributed by atoms with Gasteiger partial charge in [-0.1, -0.05) is 0 Å². The highest BCUT2D eigenvalue weighted by molar-refractivity contribution is 5.91. The lowest BCUT2D eigenvalue weighted by Crippen LogP contribution is -2.48. The minimum absolute atomic E-state index is 0.0829. The summed E-state index contributed by atoms with van der Waals surface area (Å²) < 4.78 is 9.70. The van der Waals surface area contributed by atoms with Gasteiger partial charge in [-0.3, -0.25) is 4.79 Å². The molecule has 0 aliphatic heterocycles. The minimum atomic E-state index is -0.443. The summed E-state index contributed by atoms with van der Waals surface area (Å²) in [5, 5.41) is 2.80. The Kier molecular flexibility index (Phi) is 4.80. The summed E-state index contributed by atoms with van der Waals surface area (Å²) in [6, 6.07) is 6.79. The van der Waals surface area contributed by atoms with Crippen molar-refractivity contribution < 1.29 is 19.1 Å². The summed E-state index contributed by atoms with van der Waals surface area (Å²) in [4.78, 5) is 22.8. The fourth-order valence-corrected chi connectivity index (χ4v) is 2.17. The molecule has 1 amide bonds. The van der Waals surface area contributed by atoms with Crippen LogP contribution in [-0.4, -0.2) is 31.1 Å². The van der Waals surface area contributed by atoms with E-state index in [0.29, 0.717) is 17.9 Å². The molecule has 3 N–H and O–H groups in total. The first-order chi connectivity index (χ1) is 10.0. The van der Waals surface area contributed by atoms with E-state index in [0.717, 1.165) is 19.3 Å². The second kappa shape index (κ2) is 6.58. The lowest BCUT2D eigenvalue weighted by atomic mass is 9.75. The van der Waals surface area contributed by atoms with E-state index in [1.54, 1.807) is 24.3 Å². The first kappa shape index (κ1) is 15.3. The van der Waals surface area contributed by atoms with Crippen molar-refractivity contribution in [2.24, 2.45) is 5.73 Å². The zero-order valence-electron chi connectivity index (χ0n) is 12.1. The predicted octanol–water partition coefficient (Wildman–Crippen LogP) is 1.45. The van der Waals surface area contributed by atoms with Crippen LogP contribution in [-0.2, 0) is 14.3 Å². The summed E-state index contributed by atoms with van der Waals surface area (Å²) in [5.74, 6) is 0.00855. The molecular weight excluding hydrogens is 272 g/mol. The van der Waals surface area contributed by atoms with E-state index >= 15 is 0 Å². The Hall–Kier alpha value is -2.08. The highest BCUT2D eigenvalue weighted by atomic mass is 16.6. The third-order valence-electron chi connectivity index (χ3n) is 3.58. The molecule has 6 heteroatoms. The van der Waals surface area contributed by atoms with Crippen LogP contribution in [0, 0.1) is 0 Å². The molecule has 1 aliphatic carbocycles. The number of carbonyl (C=O) groups is 2. The second-order valence-corrected chi connectivity index (χ2v) is 5.33. The summed E-state index contributed by atoms with van der Waals surface area (Å²) in [6.45, 7) is -0.141. The molecule has 0 bridgehead atoms. The van der Waals surface area contributed by atoms with Gasteiger partial charge in [-0.15, -0.1) is 0 Å². The van der Waals surface area contributed by atoms with E-state index in [4.69, 9.17) is 10.5 Å². The molecular formula is C15H20N2O4. The molecule has 6 nitrogen and oxygen atoms in total. The number of rotatable bonds is 6. The number of anilines is 1. The number of esters is 1. The van der Waals surface area contributed by atoms with Gasteiger partial charge in [0.1, 0.15) is 5.75 Å². The zero-order valence-corrected chi connectivity index (χ0v) is 12.1. The van der Waals surface area contributed by atoms with Crippen LogP contribution in [0.25, 0.3) is 0 Å². The third kappa shape index (κ3) is 4.46. The number of hydrogen-bond acceptors (Lipinski definition) is 5. The molecule has 1 saturated carbocycles. The predicted molar refractivity (Wildman–Crippen MR) is 78.0 cm³/mol. The van der Waals surface area contributed by atoms with Gasteiger partial charge >= 0.3 is 5.97 Å². The molecule has 1 aliphatic rings.